The summed E-state index contributed by atoms with van der Waals surface area (Å²) in [5, 5.41) is -0.0636. The highest BCUT2D eigenvalue weighted by Gasteiger charge is 2.37. The van der Waals surface area contributed by atoms with E-state index in [1.165, 1.54) is 30.2 Å². The van der Waals surface area contributed by atoms with E-state index < -0.39 is 35.5 Å². The molecule has 1 aliphatic rings. The number of fused-ring (bicyclic) bond motifs is 1. The number of aryl methyl sites for hydroxylation is 1. The monoisotopic (exact) mass is 481 g/mol. The number of nitrogens with one attached hydrogen (secondary N) is 1. The van der Waals surface area contributed by atoms with Crippen LogP contribution < -0.4 is 16.1 Å². The number of amides is 1. The van der Waals surface area contributed by atoms with Gasteiger partial charge < -0.3 is 15.6 Å². The first-order valence-corrected chi connectivity index (χ1v) is 10.4. The number of halogens is 5. The molecule has 3 aromatic rings. The lowest BCUT2D eigenvalue weighted by molar-refractivity contribution is -0.141. The van der Waals surface area contributed by atoms with E-state index in [1.807, 2.05) is 0 Å². The number of carbonyl (C=O) groups is 1. The molecule has 0 saturated carbocycles. The minimum atomic E-state index is -4.76. The summed E-state index contributed by atoms with van der Waals surface area (Å²) >= 11 is 0. The molecular formula is C22H20F5N5O2. The molecule has 1 aliphatic heterocycles. The van der Waals surface area contributed by atoms with Crippen LogP contribution in [0.2, 0.25) is 0 Å². The van der Waals surface area contributed by atoms with Gasteiger partial charge in [0, 0.05) is 43.8 Å². The number of nitrogens with two attached hydrogens (primary N) is 1. The number of pyridine rings is 3. The SMILES string of the molecule is Cc1cc(-c2cc(=O)c3c(C(N)=O)nccc3[nH]2)c(N2CCCC(F)(F)CC2)nc1C(F)(F)F. The number of aromatic amines is 1. The van der Waals surface area contributed by atoms with Crippen LogP contribution in [0.4, 0.5) is 27.8 Å². The van der Waals surface area contributed by atoms with Crippen molar-refractivity contribution in [1.82, 2.24) is 15.0 Å². The number of H-pyrrole nitrogens is 1. The van der Waals surface area contributed by atoms with Gasteiger partial charge in [-0.2, -0.15) is 13.2 Å². The number of rotatable bonds is 3. The van der Waals surface area contributed by atoms with Crippen molar-refractivity contribution in [2.75, 3.05) is 18.0 Å². The number of hydrogen-bond acceptors (Lipinski definition) is 5. The van der Waals surface area contributed by atoms with Gasteiger partial charge in [-0.3, -0.25) is 14.6 Å². The van der Waals surface area contributed by atoms with Crippen LogP contribution in [0.15, 0.2) is 29.2 Å². The van der Waals surface area contributed by atoms with Crippen molar-refractivity contribution in [2.45, 2.75) is 38.3 Å². The molecule has 180 valence electrons. The van der Waals surface area contributed by atoms with Crippen molar-refractivity contribution >= 4 is 22.6 Å². The molecule has 1 fully saturated rings. The van der Waals surface area contributed by atoms with Gasteiger partial charge in [0.25, 0.3) is 5.91 Å². The highest BCUT2D eigenvalue weighted by atomic mass is 19.4. The van der Waals surface area contributed by atoms with Gasteiger partial charge in [0.2, 0.25) is 5.92 Å². The molecule has 1 amide bonds. The van der Waals surface area contributed by atoms with Gasteiger partial charge in [-0.25, -0.2) is 13.8 Å². The van der Waals surface area contributed by atoms with Crippen LogP contribution in [0.25, 0.3) is 22.2 Å². The van der Waals surface area contributed by atoms with Crippen molar-refractivity contribution in [2.24, 2.45) is 5.73 Å². The molecule has 4 rings (SSSR count). The molecular weight excluding hydrogens is 461 g/mol. The molecule has 0 bridgehead atoms. The molecule has 7 nitrogen and oxygen atoms in total. The Morgan fingerprint density at radius 3 is 2.62 bits per heavy atom. The summed E-state index contributed by atoms with van der Waals surface area (Å²) in [6.45, 7) is 1.10. The summed E-state index contributed by atoms with van der Waals surface area (Å²) in [6, 6.07) is 3.75. The van der Waals surface area contributed by atoms with Crippen LogP contribution in [0.5, 0.6) is 0 Å². The summed E-state index contributed by atoms with van der Waals surface area (Å²) in [7, 11) is 0. The van der Waals surface area contributed by atoms with Gasteiger partial charge in [-0.05, 0) is 31.0 Å². The number of nitrogens with zero attached hydrogens (tertiary/aromatic N) is 3. The van der Waals surface area contributed by atoms with Crippen molar-refractivity contribution in [3.63, 3.8) is 0 Å². The molecule has 34 heavy (non-hydrogen) atoms. The third-order valence-electron chi connectivity index (χ3n) is 5.74. The van der Waals surface area contributed by atoms with Gasteiger partial charge >= 0.3 is 6.18 Å². The van der Waals surface area contributed by atoms with E-state index in [4.69, 9.17) is 5.73 Å². The maximum absolute atomic E-state index is 13.9. The zero-order valence-electron chi connectivity index (χ0n) is 18.0. The first-order chi connectivity index (χ1) is 15.9. The van der Waals surface area contributed by atoms with E-state index in [0.717, 1.165) is 6.07 Å². The highest BCUT2D eigenvalue weighted by Crippen LogP contribution is 2.38. The second-order valence-corrected chi connectivity index (χ2v) is 8.21. The van der Waals surface area contributed by atoms with Gasteiger partial charge in [0.05, 0.1) is 16.6 Å². The summed E-state index contributed by atoms with van der Waals surface area (Å²) in [5.74, 6) is -4.00. The fourth-order valence-electron chi connectivity index (χ4n) is 4.14. The third kappa shape index (κ3) is 4.44. The molecule has 3 aromatic heterocycles. The average Bonchev–Trinajstić information content (AvgIpc) is 2.92. The van der Waals surface area contributed by atoms with E-state index in [-0.39, 0.29) is 65.2 Å². The lowest BCUT2D eigenvalue weighted by Gasteiger charge is -2.26. The van der Waals surface area contributed by atoms with Gasteiger partial charge in [0.1, 0.15) is 17.2 Å². The Bertz CT molecular complexity index is 1340. The van der Waals surface area contributed by atoms with Crippen LogP contribution in [0.3, 0.4) is 0 Å². The normalized spacial score (nSPS) is 16.5. The maximum Gasteiger partial charge on any atom is 0.433 e. The topological polar surface area (TPSA) is 105 Å². The maximum atomic E-state index is 13.9. The van der Waals surface area contributed by atoms with Crippen LogP contribution in [-0.4, -0.2) is 39.9 Å². The minimum absolute atomic E-state index is 0.0607. The predicted octanol–water partition coefficient (Wildman–Crippen LogP) is 4.04. The molecule has 1 saturated heterocycles. The molecule has 0 aliphatic carbocycles. The number of carbonyl (C=O) groups excluding carboxylic acids is 1. The van der Waals surface area contributed by atoms with Crippen molar-refractivity contribution in [3.05, 3.63) is 51.6 Å². The highest BCUT2D eigenvalue weighted by molar-refractivity contribution is 6.03. The lowest BCUT2D eigenvalue weighted by atomic mass is 10.0. The molecule has 0 atom stereocenters. The van der Waals surface area contributed by atoms with Crippen LogP contribution in [0.1, 0.15) is 41.0 Å². The molecule has 0 aromatic carbocycles. The fourth-order valence-corrected chi connectivity index (χ4v) is 4.14. The smallest absolute Gasteiger partial charge is 0.364 e. The first kappa shape index (κ1) is 23.6. The number of anilines is 1. The quantitative estimate of drug-likeness (QED) is 0.550. The third-order valence-corrected chi connectivity index (χ3v) is 5.74. The van der Waals surface area contributed by atoms with Crippen molar-refractivity contribution < 1.29 is 26.7 Å². The molecule has 4 heterocycles. The summed E-state index contributed by atoms with van der Waals surface area (Å²) < 4.78 is 68.7. The Labute approximate surface area is 189 Å². The van der Waals surface area contributed by atoms with E-state index in [1.54, 1.807) is 0 Å². The zero-order chi connectivity index (χ0) is 24.8. The zero-order valence-corrected chi connectivity index (χ0v) is 18.0. The van der Waals surface area contributed by atoms with E-state index >= 15 is 0 Å². The Kier molecular flexibility index (Phi) is 5.78. The van der Waals surface area contributed by atoms with E-state index in [9.17, 15) is 31.5 Å². The predicted molar refractivity (Wildman–Crippen MR) is 115 cm³/mol. The number of alkyl halides is 5. The molecule has 0 radical (unpaired) electrons. The Hall–Kier alpha value is -3.57. The number of hydrogen-bond donors (Lipinski definition) is 2. The summed E-state index contributed by atoms with van der Waals surface area (Å²) in [5.41, 5.74) is 3.55. The molecule has 0 spiro atoms. The Balaban J connectivity index is 1.94. The Morgan fingerprint density at radius 1 is 1.21 bits per heavy atom. The second kappa shape index (κ2) is 8.33. The van der Waals surface area contributed by atoms with E-state index in [0.29, 0.717) is 0 Å². The van der Waals surface area contributed by atoms with Gasteiger partial charge in [-0.15, -0.1) is 0 Å². The Morgan fingerprint density at radius 2 is 1.94 bits per heavy atom. The van der Waals surface area contributed by atoms with Crippen LogP contribution in [-0.2, 0) is 6.18 Å². The summed E-state index contributed by atoms with van der Waals surface area (Å²) in [4.78, 5) is 36.5. The number of primary amides is 1. The summed E-state index contributed by atoms with van der Waals surface area (Å²) in [6.07, 6.45) is -4.36. The second-order valence-electron chi connectivity index (χ2n) is 8.21. The standard InChI is InChI=1S/C22H20F5N5O2/c1-11-9-12(14-10-15(33)16-13(30-14)3-6-29-17(16)19(28)34)20(31-18(11)22(25,26)27)32-7-2-4-21(23,24)5-8-32/h3,6,9-10H,2,4-5,7-8H2,1H3,(H2,28,34)(H,30,33). The lowest BCUT2D eigenvalue weighted by Crippen LogP contribution is -2.28. The van der Waals surface area contributed by atoms with Crippen LogP contribution in [0, 0.1) is 6.92 Å². The van der Waals surface area contributed by atoms with Gasteiger partial charge in [0.15, 0.2) is 5.43 Å². The molecule has 0 unspecified atom stereocenters. The number of aromatic nitrogens is 3. The first-order valence-electron chi connectivity index (χ1n) is 10.4. The minimum Gasteiger partial charge on any atom is -0.364 e. The van der Waals surface area contributed by atoms with Crippen molar-refractivity contribution in [3.8, 4) is 11.3 Å². The van der Waals surface area contributed by atoms with E-state index in [2.05, 4.69) is 15.0 Å². The largest absolute Gasteiger partial charge is 0.433 e. The average molecular weight is 481 g/mol. The molecule has 12 heteroatoms. The van der Waals surface area contributed by atoms with Crippen LogP contribution >= 0.6 is 0 Å². The molecule has 3 N–H and O–H groups in total. The fraction of sp³-hybridized carbons (Fsp3) is 0.364. The van der Waals surface area contributed by atoms with Crippen molar-refractivity contribution in [1.29, 1.82) is 0 Å². The van der Waals surface area contributed by atoms with Gasteiger partial charge in [-0.1, -0.05) is 0 Å².